The molecule has 1 saturated heterocycles. The summed E-state index contributed by atoms with van der Waals surface area (Å²) in [5.41, 5.74) is 1.46. The molecule has 2 aliphatic rings. The summed E-state index contributed by atoms with van der Waals surface area (Å²) in [7, 11) is 0. The van der Waals surface area contributed by atoms with Crippen LogP contribution in [0.5, 0.6) is 0 Å². The zero-order valence-corrected chi connectivity index (χ0v) is 10.6. The molecule has 1 N–H and O–H groups in total. The van der Waals surface area contributed by atoms with Gasteiger partial charge < -0.3 is 10.1 Å². The minimum Gasteiger partial charge on any atom is -0.373 e. The third-order valence-corrected chi connectivity index (χ3v) is 4.14. The zero-order valence-electron chi connectivity index (χ0n) is 10.6. The summed E-state index contributed by atoms with van der Waals surface area (Å²) in [5, 5.41) is 3.22. The van der Waals surface area contributed by atoms with Crippen molar-refractivity contribution in [2.24, 2.45) is 0 Å². The predicted molar refractivity (Wildman–Crippen MR) is 69.4 cm³/mol. The Morgan fingerprint density at radius 2 is 2.06 bits per heavy atom. The Hall–Kier alpha value is -0.930. The maximum absolute atomic E-state index is 14.7. The molecule has 1 unspecified atom stereocenters. The second-order valence-corrected chi connectivity index (χ2v) is 5.41. The van der Waals surface area contributed by atoms with Crippen LogP contribution in [0, 0.1) is 0 Å². The molecule has 0 amide bonds. The van der Waals surface area contributed by atoms with Crippen LogP contribution in [0.1, 0.15) is 36.5 Å². The monoisotopic (exact) mass is 249 g/mol. The molecular weight excluding hydrogens is 229 g/mol. The number of ether oxygens (including phenoxy) is 1. The molecule has 3 heteroatoms. The van der Waals surface area contributed by atoms with Crippen LogP contribution >= 0.6 is 0 Å². The van der Waals surface area contributed by atoms with Gasteiger partial charge in [-0.25, -0.2) is 4.39 Å². The summed E-state index contributed by atoms with van der Waals surface area (Å²) in [6.07, 6.45) is 2.61. The lowest BCUT2D eigenvalue weighted by molar-refractivity contribution is -0.0174. The second-order valence-electron chi connectivity index (χ2n) is 5.41. The first kappa shape index (κ1) is 12.1. The molecule has 1 aromatic rings. The largest absolute Gasteiger partial charge is 0.373 e. The Morgan fingerprint density at radius 3 is 2.89 bits per heavy atom. The molecule has 0 aromatic heterocycles. The number of alkyl halides is 1. The molecule has 98 valence electrons. The molecule has 2 nitrogen and oxygen atoms in total. The fourth-order valence-electron chi connectivity index (χ4n) is 3.06. The van der Waals surface area contributed by atoms with E-state index >= 15 is 0 Å². The highest BCUT2D eigenvalue weighted by molar-refractivity contribution is 5.31. The predicted octanol–water partition coefficient (Wildman–Crippen LogP) is 2.78. The van der Waals surface area contributed by atoms with E-state index in [2.05, 4.69) is 23.5 Å². The number of rotatable bonds is 2. The van der Waals surface area contributed by atoms with Crippen LogP contribution in [0.15, 0.2) is 24.3 Å². The van der Waals surface area contributed by atoms with E-state index in [1.165, 1.54) is 11.1 Å². The maximum Gasteiger partial charge on any atom is 0.116 e. The molecule has 0 radical (unpaired) electrons. The Balaban J connectivity index is 1.77. The lowest BCUT2D eigenvalue weighted by atomic mass is 9.84. The van der Waals surface area contributed by atoms with E-state index in [1.807, 2.05) is 6.07 Å². The zero-order chi connectivity index (χ0) is 12.4. The van der Waals surface area contributed by atoms with E-state index in [-0.39, 0.29) is 6.10 Å². The smallest absolute Gasteiger partial charge is 0.116 e. The Labute approximate surface area is 108 Å². The minimum absolute atomic E-state index is 0.0574. The van der Waals surface area contributed by atoms with Crippen LogP contribution in [0.4, 0.5) is 4.39 Å². The van der Waals surface area contributed by atoms with Gasteiger partial charge in [-0.05, 0) is 43.5 Å². The fourth-order valence-corrected chi connectivity index (χ4v) is 3.06. The third kappa shape index (κ3) is 2.43. The first-order valence-electron chi connectivity index (χ1n) is 6.86. The van der Waals surface area contributed by atoms with Gasteiger partial charge in [0.1, 0.15) is 5.67 Å². The normalized spacial score (nSPS) is 26.6. The van der Waals surface area contributed by atoms with Crippen LogP contribution < -0.4 is 5.32 Å². The van der Waals surface area contributed by atoms with E-state index < -0.39 is 5.67 Å². The van der Waals surface area contributed by atoms with Crippen molar-refractivity contribution in [2.45, 2.75) is 37.5 Å². The quantitative estimate of drug-likeness (QED) is 0.870. The maximum atomic E-state index is 14.7. The van der Waals surface area contributed by atoms with Crippen LogP contribution in [0.3, 0.4) is 0 Å². The highest BCUT2D eigenvalue weighted by Crippen LogP contribution is 2.38. The van der Waals surface area contributed by atoms with Crippen molar-refractivity contribution >= 4 is 0 Å². The Kier molecular flexibility index (Phi) is 3.35. The molecule has 2 heterocycles. The first-order chi connectivity index (χ1) is 8.77. The second kappa shape index (κ2) is 4.98. The molecule has 0 spiro atoms. The third-order valence-electron chi connectivity index (χ3n) is 4.14. The van der Waals surface area contributed by atoms with E-state index in [4.69, 9.17) is 4.74 Å². The van der Waals surface area contributed by atoms with Crippen LogP contribution in [0.25, 0.3) is 0 Å². The summed E-state index contributed by atoms with van der Waals surface area (Å²) in [4.78, 5) is 0. The molecule has 0 bridgehead atoms. The summed E-state index contributed by atoms with van der Waals surface area (Å²) in [5.74, 6) is 0. The van der Waals surface area contributed by atoms with Gasteiger partial charge in [0.2, 0.25) is 0 Å². The molecule has 18 heavy (non-hydrogen) atoms. The summed E-state index contributed by atoms with van der Waals surface area (Å²) in [6.45, 7) is 2.28. The van der Waals surface area contributed by atoms with Crippen molar-refractivity contribution < 1.29 is 9.13 Å². The highest BCUT2D eigenvalue weighted by atomic mass is 19.1. The average Bonchev–Trinajstić information content (AvgIpc) is 2.40. The number of fused-ring (bicyclic) bond motifs is 1. The number of piperidine rings is 1. The Bertz CT molecular complexity index is 415. The van der Waals surface area contributed by atoms with Crippen LogP contribution in [0.2, 0.25) is 0 Å². The van der Waals surface area contributed by atoms with Crippen molar-refractivity contribution in [1.29, 1.82) is 0 Å². The highest BCUT2D eigenvalue weighted by Gasteiger charge is 2.36. The molecule has 0 aliphatic carbocycles. The number of nitrogens with one attached hydrogen (secondary N) is 1. The van der Waals surface area contributed by atoms with E-state index in [0.717, 1.165) is 26.1 Å². The topological polar surface area (TPSA) is 21.3 Å². The van der Waals surface area contributed by atoms with Gasteiger partial charge in [0.25, 0.3) is 0 Å². The summed E-state index contributed by atoms with van der Waals surface area (Å²) >= 11 is 0. The fraction of sp³-hybridized carbons (Fsp3) is 0.600. The van der Waals surface area contributed by atoms with Gasteiger partial charge >= 0.3 is 0 Å². The molecule has 1 fully saturated rings. The van der Waals surface area contributed by atoms with Gasteiger partial charge in [0.15, 0.2) is 0 Å². The molecule has 1 atom stereocenters. The molecule has 2 aliphatic heterocycles. The molecule has 1 aromatic carbocycles. The minimum atomic E-state index is -1.06. The summed E-state index contributed by atoms with van der Waals surface area (Å²) in [6, 6.07) is 8.30. The summed E-state index contributed by atoms with van der Waals surface area (Å²) < 4.78 is 20.5. The number of hydrogen-bond donors (Lipinski definition) is 1. The van der Waals surface area contributed by atoms with Gasteiger partial charge in [0.05, 0.1) is 12.7 Å². The van der Waals surface area contributed by atoms with Crippen molar-refractivity contribution in [1.82, 2.24) is 5.32 Å². The SMILES string of the molecule is FC1(CC2OCCc3ccccc32)CCNCC1. The van der Waals surface area contributed by atoms with Crippen LogP contribution in [-0.2, 0) is 11.2 Å². The van der Waals surface area contributed by atoms with Gasteiger partial charge in [-0.3, -0.25) is 0 Å². The standard InChI is InChI=1S/C15H20FNO/c16-15(6-8-17-9-7-15)11-14-13-4-2-1-3-12(13)5-10-18-14/h1-4,14,17H,5-11H2. The van der Waals surface area contributed by atoms with Gasteiger partial charge in [-0.15, -0.1) is 0 Å². The molecule has 0 saturated carbocycles. The van der Waals surface area contributed by atoms with E-state index in [0.29, 0.717) is 19.3 Å². The number of halogens is 1. The van der Waals surface area contributed by atoms with Gasteiger partial charge in [-0.1, -0.05) is 24.3 Å². The lowest BCUT2D eigenvalue weighted by Gasteiger charge is -2.35. The van der Waals surface area contributed by atoms with Crippen molar-refractivity contribution in [3.8, 4) is 0 Å². The average molecular weight is 249 g/mol. The number of hydrogen-bond acceptors (Lipinski definition) is 2. The van der Waals surface area contributed by atoms with Gasteiger partial charge in [0, 0.05) is 6.42 Å². The lowest BCUT2D eigenvalue weighted by Crippen LogP contribution is -2.40. The first-order valence-corrected chi connectivity index (χ1v) is 6.86. The number of benzene rings is 1. The van der Waals surface area contributed by atoms with Crippen molar-refractivity contribution in [3.63, 3.8) is 0 Å². The molecule has 3 rings (SSSR count). The van der Waals surface area contributed by atoms with Crippen LogP contribution in [-0.4, -0.2) is 25.4 Å². The molecular formula is C15H20FNO. The van der Waals surface area contributed by atoms with E-state index in [9.17, 15) is 4.39 Å². The van der Waals surface area contributed by atoms with E-state index in [1.54, 1.807) is 0 Å². The van der Waals surface area contributed by atoms with Gasteiger partial charge in [-0.2, -0.15) is 0 Å². The van der Waals surface area contributed by atoms with Crippen molar-refractivity contribution in [3.05, 3.63) is 35.4 Å². The Morgan fingerprint density at radius 1 is 1.28 bits per heavy atom. The van der Waals surface area contributed by atoms with Crippen molar-refractivity contribution in [2.75, 3.05) is 19.7 Å².